The van der Waals surface area contributed by atoms with Gasteiger partial charge in [-0.1, -0.05) is 23.7 Å². The Kier molecular flexibility index (Phi) is 6.17. The number of sulfonamides is 1. The van der Waals surface area contributed by atoms with Crippen molar-refractivity contribution in [2.45, 2.75) is 17.7 Å². The minimum absolute atomic E-state index is 0.0655. The number of carboxylic acid groups (broad SMARTS) is 1. The molecule has 0 atom stereocenters. The minimum Gasteiger partial charge on any atom is -0.481 e. The summed E-state index contributed by atoms with van der Waals surface area (Å²) in [4.78, 5) is 20.7. The Labute approximate surface area is 154 Å². The second-order valence-corrected chi connectivity index (χ2v) is 7.61. The van der Waals surface area contributed by atoms with Gasteiger partial charge >= 0.3 is 5.97 Å². The number of nitro groups is 1. The summed E-state index contributed by atoms with van der Waals surface area (Å²) in [6, 6.07) is 10.7. The Morgan fingerprint density at radius 1 is 1.19 bits per heavy atom. The summed E-state index contributed by atoms with van der Waals surface area (Å²) in [6.07, 6.45) is -0.155. The van der Waals surface area contributed by atoms with Crippen LogP contribution in [0.15, 0.2) is 53.4 Å². The molecule has 0 saturated carbocycles. The highest BCUT2D eigenvalue weighted by Crippen LogP contribution is 2.28. The SMILES string of the molecule is O=C(O)CCCN(c1cccc(Cl)c1)S(=O)(=O)c1cccc([N+](=O)[O-])c1. The van der Waals surface area contributed by atoms with Gasteiger partial charge in [-0.15, -0.1) is 0 Å². The van der Waals surface area contributed by atoms with Crippen LogP contribution in [0, 0.1) is 10.1 Å². The quantitative estimate of drug-likeness (QED) is 0.538. The fourth-order valence-electron chi connectivity index (χ4n) is 2.28. The molecule has 0 aromatic heterocycles. The molecule has 0 saturated heterocycles. The number of nitrogens with zero attached hydrogens (tertiary/aromatic N) is 2. The molecule has 0 heterocycles. The summed E-state index contributed by atoms with van der Waals surface area (Å²) < 4.78 is 27.0. The van der Waals surface area contributed by atoms with Crippen molar-refractivity contribution in [3.05, 3.63) is 63.7 Å². The van der Waals surface area contributed by atoms with Crippen LogP contribution in [0.5, 0.6) is 0 Å². The first-order valence-electron chi connectivity index (χ1n) is 7.46. The maximum atomic E-state index is 13.0. The zero-order valence-electron chi connectivity index (χ0n) is 13.4. The minimum atomic E-state index is -4.15. The molecule has 0 bridgehead atoms. The third-order valence-electron chi connectivity index (χ3n) is 3.46. The van der Waals surface area contributed by atoms with E-state index in [1.54, 1.807) is 12.1 Å². The maximum Gasteiger partial charge on any atom is 0.303 e. The van der Waals surface area contributed by atoms with Crippen molar-refractivity contribution in [1.82, 2.24) is 0 Å². The smallest absolute Gasteiger partial charge is 0.303 e. The van der Waals surface area contributed by atoms with Crippen molar-refractivity contribution < 1.29 is 23.2 Å². The number of carbonyl (C=O) groups is 1. The summed E-state index contributed by atoms with van der Waals surface area (Å²) in [6.45, 7) is -0.113. The zero-order chi connectivity index (χ0) is 19.3. The Balaban J connectivity index is 2.46. The summed E-state index contributed by atoms with van der Waals surface area (Å²) in [7, 11) is -4.15. The predicted octanol–water partition coefficient (Wildman–Crippen LogP) is 3.31. The van der Waals surface area contributed by atoms with Crippen LogP contribution in [0.1, 0.15) is 12.8 Å². The van der Waals surface area contributed by atoms with Gasteiger partial charge in [0.15, 0.2) is 0 Å². The Bertz CT molecular complexity index is 932. The first-order valence-corrected chi connectivity index (χ1v) is 9.28. The van der Waals surface area contributed by atoms with E-state index >= 15 is 0 Å². The highest BCUT2D eigenvalue weighted by Gasteiger charge is 2.26. The van der Waals surface area contributed by atoms with E-state index < -0.39 is 20.9 Å². The van der Waals surface area contributed by atoms with E-state index in [1.165, 1.54) is 30.3 Å². The van der Waals surface area contributed by atoms with E-state index in [9.17, 15) is 23.3 Å². The summed E-state index contributed by atoms with van der Waals surface area (Å²) in [5.41, 5.74) is -0.114. The van der Waals surface area contributed by atoms with Crippen LogP contribution in [-0.2, 0) is 14.8 Å². The Hall–Kier alpha value is -2.65. The average Bonchev–Trinajstić information content (AvgIpc) is 2.58. The number of nitro benzene ring substituents is 1. The third-order valence-corrected chi connectivity index (χ3v) is 5.52. The number of aliphatic carboxylic acids is 1. The second-order valence-electron chi connectivity index (χ2n) is 5.31. The third kappa shape index (κ3) is 4.70. The van der Waals surface area contributed by atoms with E-state index in [1.807, 2.05) is 0 Å². The summed E-state index contributed by atoms with van der Waals surface area (Å²) in [5, 5.41) is 20.0. The lowest BCUT2D eigenvalue weighted by molar-refractivity contribution is -0.385. The Morgan fingerprint density at radius 2 is 1.88 bits per heavy atom. The molecule has 0 aliphatic heterocycles. The molecule has 2 rings (SSSR count). The molecule has 138 valence electrons. The summed E-state index contributed by atoms with van der Waals surface area (Å²) >= 11 is 5.93. The van der Waals surface area contributed by atoms with Crippen LogP contribution in [-0.4, -0.2) is 31.0 Å². The fraction of sp³-hybridized carbons (Fsp3) is 0.188. The lowest BCUT2D eigenvalue weighted by Crippen LogP contribution is -2.32. The molecule has 10 heteroatoms. The molecule has 1 N–H and O–H groups in total. The molecule has 26 heavy (non-hydrogen) atoms. The Morgan fingerprint density at radius 3 is 2.50 bits per heavy atom. The molecule has 8 nitrogen and oxygen atoms in total. The molecule has 0 unspecified atom stereocenters. The molecule has 0 aliphatic carbocycles. The van der Waals surface area contributed by atoms with Gasteiger partial charge < -0.3 is 5.11 Å². The number of anilines is 1. The lowest BCUT2D eigenvalue weighted by Gasteiger charge is -2.24. The van der Waals surface area contributed by atoms with Crippen LogP contribution in [0.2, 0.25) is 5.02 Å². The van der Waals surface area contributed by atoms with Gasteiger partial charge in [-0.2, -0.15) is 0 Å². The molecule has 2 aromatic rings. The van der Waals surface area contributed by atoms with Crippen molar-refractivity contribution in [2.24, 2.45) is 0 Å². The van der Waals surface area contributed by atoms with E-state index in [4.69, 9.17) is 16.7 Å². The van der Waals surface area contributed by atoms with Gasteiger partial charge in [0.1, 0.15) is 0 Å². The first-order chi connectivity index (χ1) is 12.2. The van der Waals surface area contributed by atoms with Gasteiger partial charge in [0.25, 0.3) is 15.7 Å². The van der Waals surface area contributed by atoms with Gasteiger partial charge in [-0.3, -0.25) is 19.2 Å². The molecule has 0 fully saturated rings. The van der Waals surface area contributed by atoms with E-state index in [0.717, 1.165) is 10.4 Å². The predicted molar refractivity (Wildman–Crippen MR) is 96.0 cm³/mol. The highest BCUT2D eigenvalue weighted by molar-refractivity contribution is 7.92. The number of halogens is 1. The van der Waals surface area contributed by atoms with Crippen molar-refractivity contribution in [3.8, 4) is 0 Å². The van der Waals surface area contributed by atoms with Gasteiger partial charge in [0.05, 0.1) is 15.5 Å². The summed E-state index contributed by atoms with van der Waals surface area (Å²) in [5.74, 6) is -1.05. The van der Waals surface area contributed by atoms with Crippen LogP contribution < -0.4 is 4.31 Å². The van der Waals surface area contributed by atoms with Crippen molar-refractivity contribution >= 4 is 39.0 Å². The average molecular weight is 399 g/mol. The van der Waals surface area contributed by atoms with Gasteiger partial charge in [0, 0.05) is 30.1 Å². The molecule has 2 aromatic carbocycles. The van der Waals surface area contributed by atoms with Crippen LogP contribution in [0.4, 0.5) is 11.4 Å². The standard InChI is InChI=1S/C16H15ClN2O6S/c17-12-4-1-5-13(10-12)18(9-3-8-16(20)21)26(24,25)15-7-2-6-14(11-15)19(22)23/h1-2,4-7,10-11H,3,8-9H2,(H,20,21). The fourth-order valence-corrected chi connectivity index (χ4v) is 4.00. The largest absolute Gasteiger partial charge is 0.481 e. The van der Waals surface area contributed by atoms with E-state index in [2.05, 4.69) is 0 Å². The molecular formula is C16H15ClN2O6S. The molecule has 0 amide bonds. The number of rotatable bonds is 8. The van der Waals surface area contributed by atoms with Crippen molar-refractivity contribution in [1.29, 1.82) is 0 Å². The highest BCUT2D eigenvalue weighted by atomic mass is 35.5. The maximum absolute atomic E-state index is 13.0. The molecule has 0 radical (unpaired) electrons. The van der Waals surface area contributed by atoms with Crippen molar-refractivity contribution in [3.63, 3.8) is 0 Å². The van der Waals surface area contributed by atoms with Gasteiger partial charge in [-0.05, 0) is 30.7 Å². The topological polar surface area (TPSA) is 118 Å². The van der Waals surface area contributed by atoms with Gasteiger partial charge in [0.2, 0.25) is 0 Å². The van der Waals surface area contributed by atoms with Crippen molar-refractivity contribution in [2.75, 3.05) is 10.8 Å². The first kappa shape index (κ1) is 19.7. The number of hydrogen-bond acceptors (Lipinski definition) is 5. The normalized spacial score (nSPS) is 11.1. The van der Waals surface area contributed by atoms with E-state index in [0.29, 0.717) is 5.02 Å². The molecular weight excluding hydrogens is 384 g/mol. The molecule has 0 spiro atoms. The van der Waals surface area contributed by atoms with Crippen LogP contribution in [0.25, 0.3) is 0 Å². The monoisotopic (exact) mass is 398 g/mol. The van der Waals surface area contributed by atoms with Gasteiger partial charge in [-0.25, -0.2) is 8.42 Å². The number of hydrogen-bond donors (Lipinski definition) is 1. The van der Waals surface area contributed by atoms with Crippen LogP contribution in [0.3, 0.4) is 0 Å². The number of non-ortho nitro benzene ring substituents is 1. The van der Waals surface area contributed by atoms with E-state index in [-0.39, 0.29) is 35.7 Å². The second kappa shape index (κ2) is 8.15. The number of benzene rings is 2. The molecule has 0 aliphatic rings. The van der Waals surface area contributed by atoms with Crippen LogP contribution >= 0.6 is 11.6 Å². The lowest BCUT2D eigenvalue weighted by atomic mass is 10.3. The zero-order valence-corrected chi connectivity index (χ0v) is 15.0. The number of carboxylic acids is 1.